The molecule has 1 saturated heterocycles. The maximum atomic E-state index is 12.8. The monoisotopic (exact) mass is 451 g/mol. The molecule has 0 radical (unpaired) electrons. The van der Waals surface area contributed by atoms with Gasteiger partial charge in [-0.15, -0.1) is 10.2 Å². The number of benzene rings is 1. The highest BCUT2D eigenvalue weighted by molar-refractivity contribution is 7.99. The number of amides is 1. The molecule has 2 atom stereocenters. The van der Waals surface area contributed by atoms with E-state index in [2.05, 4.69) is 24.0 Å². The van der Waals surface area contributed by atoms with Crippen LogP contribution in [0.15, 0.2) is 35.5 Å². The third-order valence-electron chi connectivity index (χ3n) is 5.46. The van der Waals surface area contributed by atoms with Crippen LogP contribution < -0.4 is 4.31 Å². The first-order valence-electron chi connectivity index (χ1n) is 10.0. The molecule has 0 saturated carbocycles. The predicted molar refractivity (Wildman–Crippen MR) is 119 cm³/mol. The minimum atomic E-state index is -3.49. The highest BCUT2D eigenvalue weighted by Crippen LogP contribution is 2.25. The molecule has 1 amide bonds. The Morgan fingerprint density at radius 2 is 1.80 bits per heavy atom. The van der Waals surface area contributed by atoms with Crippen molar-refractivity contribution >= 4 is 33.4 Å². The number of carbonyl (C=O) groups excluding carboxylic acids is 1. The zero-order valence-electron chi connectivity index (χ0n) is 17.9. The van der Waals surface area contributed by atoms with Crippen LogP contribution in [-0.4, -0.2) is 58.1 Å². The number of nitrogens with zero attached hydrogens (tertiary/aromatic N) is 5. The molecule has 3 rings (SSSR count). The fraction of sp³-hybridized carbons (Fsp3) is 0.550. The van der Waals surface area contributed by atoms with Crippen molar-refractivity contribution in [2.75, 3.05) is 16.3 Å². The van der Waals surface area contributed by atoms with Crippen LogP contribution in [0.25, 0.3) is 0 Å². The lowest BCUT2D eigenvalue weighted by atomic mass is 9.98. The smallest absolute Gasteiger partial charge is 0.233 e. The van der Waals surface area contributed by atoms with E-state index in [9.17, 15) is 13.2 Å². The summed E-state index contributed by atoms with van der Waals surface area (Å²) in [4.78, 5) is 14.7. The van der Waals surface area contributed by atoms with Gasteiger partial charge in [0.05, 0.1) is 24.2 Å². The second-order valence-corrected chi connectivity index (χ2v) is 10.6. The second-order valence-electron chi connectivity index (χ2n) is 7.78. The van der Waals surface area contributed by atoms with Crippen LogP contribution >= 0.6 is 11.8 Å². The van der Waals surface area contributed by atoms with Crippen molar-refractivity contribution < 1.29 is 13.2 Å². The number of para-hydroxylation sites is 1. The lowest BCUT2D eigenvalue weighted by molar-refractivity contribution is -0.134. The van der Waals surface area contributed by atoms with E-state index < -0.39 is 10.0 Å². The fourth-order valence-electron chi connectivity index (χ4n) is 3.84. The van der Waals surface area contributed by atoms with E-state index in [4.69, 9.17) is 0 Å². The molecule has 0 aliphatic carbocycles. The number of piperidine rings is 1. The van der Waals surface area contributed by atoms with Crippen molar-refractivity contribution in [1.82, 2.24) is 19.7 Å². The summed E-state index contributed by atoms with van der Waals surface area (Å²) in [6.07, 6.45) is 4.40. The van der Waals surface area contributed by atoms with Gasteiger partial charge < -0.3 is 9.47 Å². The second kappa shape index (κ2) is 9.38. The first kappa shape index (κ1) is 22.6. The van der Waals surface area contributed by atoms with Gasteiger partial charge in [-0.3, -0.25) is 9.10 Å². The maximum absolute atomic E-state index is 12.8. The fourth-order valence-corrected chi connectivity index (χ4v) is 5.50. The summed E-state index contributed by atoms with van der Waals surface area (Å²) < 4.78 is 27.7. The Kier molecular flexibility index (Phi) is 7.07. The first-order chi connectivity index (χ1) is 14.2. The molecule has 1 aliphatic rings. The maximum Gasteiger partial charge on any atom is 0.233 e. The largest absolute Gasteiger partial charge is 0.337 e. The molecule has 30 heavy (non-hydrogen) atoms. The number of hydrogen-bond acceptors (Lipinski definition) is 6. The van der Waals surface area contributed by atoms with E-state index in [0.717, 1.165) is 19.3 Å². The summed E-state index contributed by atoms with van der Waals surface area (Å²) in [7, 11) is -1.70. The number of likely N-dealkylation sites (tertiary alicyclic amines) is 1. The zero-order valence-corrected chi connectivity index (χ0v) is 19.5. The Balaban J connectivity index is 1.70. The minimum Gasteiger partial charge on any atom is -0.337 e. The quantitative estimate of drug-likeness (QED) is 0.602. The average Bonchev–Trinajstić information content (AvgIpc) is 3.03. The van der Waals surface area contributed by atoms with E-state index >= 15 is 0 Å². The summed E-state index contributed by atoms with van der Waals surface area (Å²) >= 11 is 1.33. The molecule has 1 fully saturated rings. The Labute approximate surface area is 182 Å². The summed E-state index contributed by atoms with van der Waals surface area (Å²) in [5, 5.41) is 8.95. The molecule has 8 nitrogen and oxygen atoms in total. The predicted octanol–water partition coefficient (Wildman–Crippen LogP) is 2.66. The number of thioether (sulfide) groups is 1. The van der Waals surface area contributed by atoms with Crippen LogP contribution in [-0.2, 0) is 28.4 Å². The van der Waals surface area contributed by atoms with Crippen LogP contribution in [0.1, 0.15) is 38.9 Å². The van der Waals surface area contributed by atoms with Gasteiger partial charge in [-0.1, -0.05) is 30.0 Å². The number of hydrogen-bond donors (Lipinski definition) is 0. The normalized spacial score (nSPS) is 19.7. The van der Waals surface area contributed by atoms with E-state index in [1.165, 1.54) is 22.3 Å². The first-order valence-corrected chi connectivity index (χ1v) is 12.9. The Morgan fingerprint density at radius 3 is 2.40 bits per heavy atom. The lowest BCUT2D eigenvalue weighted by Gasteiger charge is -2.39. The number of carbonyl (C=O) groups is 1. The van der Waals surface area contributed by atoms with Crippen molar-refractivity contribution in [3.8, 4) is 0 Å². The molecular formula is C20H29N5O3S2. The van der Waals surface area contributed by atoms with Crippen LogP contribution in [0.2, 0.25) is 0 Å². The molecule has 0 bridgehead atoms. The Bertz CT molecular complexity index is 968. The summed E-state index contributed by atoms with van der Waals surface area (Å²) in [5.74, 6) is 0.903. The van der Waals surface area contributed by atoms with Crippen molar-refractivity contribution in [3.05, 3.63) is 36.2 Å². The molecule has 2 heterocycles. The van der Waals surface area contributed by atoms with Gasteiger partial charge in [-0.05, 0) is 45.2 Å². The third-order valence-corrected chi connectivity index (χ3v) is 7.61. The van der Waals surface area contributed by atoms with E-state index in [1.807, 2.05) is 11.0 Å². The standard InChI is InChI=1S/C20H29N5O3S2/c1-15-9-8-10-16(2)25(15)19(26)14-29-20-22-21-18(23(20)3)13-24(30(4,27)28)17-11-6-5-7-12-17/h5-7,11-12,15-16H,8-10,13-14H2,1-4H3/t15-,16+. The van der Waals surface area contributed by atoms with Gasteiger partial charge in [0.15, 0.2) is 11.0 Å². The average molecular weight is 452 g/mol. The molecule has 1 aliphatic heterocycles. The number of sulfonamides is 1. The zero-order chi connectivity index (χ0) is 21.9. The van der Waals surface area contributed by atoms with Crippen LogP contribution in [0.3, 0.4) is 0 Å². The summed E-state index contributed by atoms with van der Waals surface area (Å²) in [5.41, 5.74) is 0.570. The third kappa shape index (κ3) is 5.15. The van der Waals surface area contributed by atoms with Gasteiger partial charge >= 0.3 is 0 Å². The number of anilines is 1. The number of aromatic nitrogens is 3. The molecule has 0 spiro atoms. The van der Waals surface area contributed by atoms with Crippen LogP contribution in [0.4, 0.5) is 5.69 Å². The van der Waals surface area contributed by atoms with Crippen LogP contribution in [0.5, 0.6) is 0 Å². The van der Waals surface area contributed by atoms with Gasteiger partial charge in [-0.2, -0.15) is 0 Å². The molecular weight excluding hydrogens is 422 g/mol. The van der Waals surface area contributed by atoms with Gasteiger partial charge in [0.1, 0.15) is 0 Å². The summed E-state index contributed by atoms with van der Waals surface area (Å²) in [6.45, 7) is 4.27. The van der Waals surface area contributed by atoms with Crippen molar-refractivity contribution in [3.63, 3.8) is 0 Å². The van der Waals surface area contributed by atoms with Gasteiger partial charge in [0.2, 0.25) is 15.9 Å². The molecule has 0 unspecified atom stereocenters. The van der Waals surface area contributed by atoms with Gasteiger partial charge in [0, 0.05) is 19.1 Å². The topological polar surface area (TPSA) is 88.4 Å². The summed E-state index contributed by atoms with van der Waals surface area (Å²) in [6, 6.07) is 9.41. The number of rotatable bonds is 7. The van der Waals surface area contributed by atoms with Crippen molar-refractivity contribution in [1.29, 1.82) is 0 Å². The molecule has 10 heteroatoms. The molecule has 1 aromatic heterocycles. The molecule has 2 aromatic rings. The Hall–Kier alpha value is -2.07. The van der Waals surface area contributed by atoms with E-state index in [1.54, 1.807) is 35.9 Å². The van der Waals surface area contributed by atoms with Crippen molar-refractivity contribution in [2.45, 2.75) is 56.9 Å². The SMILES string of the molecule is C[C@@H]1CCC[C@H](C)N1C(=O)CSc1nnc(CN(c2ccccc2)S(C)(=O)=O)n1C. The van der Waals surface area contributed by atoms with Gasteiger partial charge in [0.25, 0.3) is 0 Å². The van der Waals surface area contributed by atoms with E-state index in [-0.39, 0.29) is 30.3 Å². The van der Waals surface area contributed by atoms with Crippen LogP contribution in [0, 0.1) is 0 Å². The molecule has 1 aromatic carbocycles. The van der Waals surface area contributed by atoms with Gasteiger partial charge in [-0.25, -0.2) is 8.42 Å². The minimum absolute atomic E-state index is 0.0705. The lowest BCUT2D eigenvalue weighted by Crippen LogP contribution is -2.48. The highest BCUT2D eigenvalue weighted by atomic mass is 32.2. The molecule has 0 N–H and O–H groups in total. The highest BCUT2D eigenvalue weighted by Gasteiger charge is 2.29. The molecule has 164 valence electrons. The van der Waals surface area contributed by atoms with E-state index in [0.29, 0.717) is 16.7 Å². The Morgan fingerprint density at radius 1 is 1.17 bits per heavy atom. The van der Waals surface area contributed by atoms with Crippen molar-refractivity contribution in [2.24, 2.45) is 7.05 Å².